The van der Waals surface area contributed by atoms with Crippen LogP contribution in [0.3, 0.4) is 0 Å². The molecule has 1 heterocycles. The Hall–Kier alpha value is -2.54. The Labute approximate surface area is 185 Å². The van der Waals surface area contributed by atoms with Gasteiger partial charge >= 0.3 is 0 Å². The molecule has 0 aliphatic carbocycles. The molecule has 1 aliphatic heterocycles. The van der Waals surface area contributed by atoms with E-state index in [1.807, 2.05) is 58.0 Å². The van der Waals surface area contributed by atoms with Crippen LogP contribution in [-0.4, -0.2) is 32.2 Å². The van der Waals surface area contributed by atoms with Gasteiger partial charge in [-0.2, -0.15) is 0 Å². The average molecular weight is 445 g/mol. The van der Waals surface area contributed by atoms with Crippen LogP contribution in [0.4, 0.5) is 5.69 Å². The molecule has 6 nitrogen and oxygen atoms in total. The molecule has 0 unspecified atom stereocenters. The third kappa shape index (κ3) is 5.21. The molecule has 2 aromatic carbocycles. The van der Waals surface area contributed by atoms with Crippen molar-refractivity contribution in [2.24, 2.45) is 0 Å². The summed E-state index contributed by atoms with van der Waals surface area (Å²) < 4.78 is 32.5. The number of benzene rings is 2. The van der Waals surface area contributed by atoms with Gasteiger partial charge in [-0.25, -0.2) is 8.42 Å². The number of rotatable bonds is 6. The molecule has 0 saturated carbocycles. The van der Waals surface area contributed by atoms with Gasteiger partial charge in [0.15, 0.2) is 0 Å². The molecule has 7 heteroatoms. The second-order valence-electron chi connectivity index (χ2n) is 8.92. The predicted molar refractivity (Wildman–Crippen MR) is 124 cm³/mol. The van der Waals surface area contributed by atoms with Gasteiger partial charge in [0, 0.05) is 12.0 Å². The first-order valence-corrected chi connectivity index (χ1v) is 12.4. The number of aryl methyl sites for hydroxylation is 2. The Morgan fingerprint density at radius 1 is 1.23 bits per heavy atom. The van der Waals surface area contributed by atoms with Gasteiger partial charge in [-0.1, -0.05) is 31.2 Å². The number of anilines is 1. The fourth-order valence-corrected chi connectivity index (χ4v) is 5.24. The second-order valence-corrected chi connectivity index (χ2v) is 10.8. The summed E-state index contributed by atoms with van der Waals surface area (Å²) in [6.07, 6.45) is 2.57. The quantitative estimate of drug-likeness (QED) is 0.727. The standard InChI is InChI=1S/C24H32N2O4S/c1-7-18-9-11-19(12-10-18)26(31(6,28)29)17(3)23(27)25-21-15-24(4,5)30-22-14-16(2)8-13-20(21)22/h8-14,17,21H,7,15H2,1-6H3,(H,25,27)/t17-,21+/m0/s1. The fraction of sp³-hybridized carbons (Fsp3) is 0.458. The maximum absolute atomic E-state index is 13.2. The van der Waals surface area contributed by atoms with E-state index in [0.29, 0.717) is 12.1 Å². The molecule has 1 aliphatic rings. The highest BCUT2D eigenvalue weighted by Gasteiger charge is 2.37. The number of nitrogens with zero attached hydrogens (tertiary/aromatic N) is 1. The molecule has 0 fully saturated rings. The minimum Gasteiger partial charge on any atom is -0.487 e. The van der Waals surface area contributed by atoms with Crippen LogP contribution in [0, 0.1) is 6.92 Å². The van der Waals surface area contributed by atoms with Crippen LogP contribution in [0.25, 0.3) is 0 Å². The lowest BCUT2D eigenvalue weighted by molar-refractivity contribution is -0.123. The van der Waals surface area contributed by atoms with Gasteiger partial charge in [-0.15, -0.1) is 0 Å². The maximum atomic E-state index is 13.2. The van der Waals surface area contributed by atoms with Crippen molar-refractivity contribution in [2.75, 3.05) is 10.6 Å². The van der Waals surface area contributed by atoms with Crippen molar-refractivity contribution in [3.63, 3.8) is 0 Å². The Bertz CT molecular complexity index is 1060. The van der Waals surface area contributed by atoms with Crippen LogP contribution in [0.15, 0.2) is 42.5 Å². The lowest BCUT2D eigenvalue weighted by Crippen LogP contribution is -2.50. The smallest absolute Gasteiger partial charge is 0.244 e. The first-order valence-electron chi connectivity index (χ1n) is 10.6. The van der Waals surface area contributed by atoms with Gasteiger partial charge in [-0.3, -0.25) is 9.10 Å². The van der Waals surface area contributed by atoms with E-state index in [2.05, 4.69) is 5.32 Å². The number of amides is 1. The number of sulfonamides is 1. The number of hydrogen-bond acceptors (Lipinski definition) is 4. The molecular formula is C24H32N2O4S. The molecule has 0 saturated heterocycles. The molecule has 0 radical (unpaired) electrons. The molecule has 2 atom stereocenters. The number of ether oxygens (including phenoxy) is 1. The summed E-state index contributed by atoms with van der Waals surface area (Å²) in [5.74, 6) is 0.406. The number of carbonyl (C=O) groups excluding carboxylic acids is 1. The largest absolute Gasteiger partial charge is 0.487 e. The van der Waals surface area contributed by atoms with Crippen molar-refractivity contribution in [3.05, 3.63) is 59.2 Å². The Balaban J connectivity index is 1.89. The highest BCUT2D eigenvalue weighted by Crippen LogP contribution is 2.40. The molecule has 3 rings (SSSR count). The van der Waals surface area contributed by atoms with E-state index >= 15 is 0 Å². The van der Waals surface area contributed by atoms with Crippen molar-refractivity contribution in [1.82, 2.24) is 5.32 Å². The van der Waals surface area contributed by atoms with E-state index in [9.17, 15) is 13.2 Å². The molecular weight excluding hydrogens is 412 g/mol. The topological polar surface area (TPSA) is 75.7 Å². The van der Waals surface area contributed by atoms with Crippen molar-refractivity contribution in [3.8, 4) is 5.75 Å². The summed E-state index contributed by atoms with van der Waals surface area (Å²) in [5, 5.41) is 3.07. The van der Waals surface area contributed by atoms with Crippen LogP contribution in [-0.2, 0) is 21.2 Å². The van der Waals surface area contributed by atoms with Crippen LogP contribution < -0.4 is 14.4 Å². The van der Waals surface area contributed by atoms with E-state index in [4.69, 9.17) is 4.74 Å². The number of carbonyl (C=O) groups is 1. The summed E-state index contributed by atoms with van der Waals surface area (Å²) >= 11 is 0. The zero-order valence-electron chi connectivity index (χ0n) is 19.1. The SMILES string of the molecule is CCc1ccc(N([C@@H](C)C(=O)N[C@@H]2CC(C)(C)Oc3cc(C)ccc32)S(C)(=O)=O)cc1. The summed E-state index contributed by atoms with van der Waals surface area (Å²) in [6, 6.07) is 12.0. The van der Waals surface area contributed by atoms with Crippen LogP contribution in [0.1, 0.15) is 56.8 Å². The molecule has 0 aromatic heterocycles. The molecule has 0 bridgehead atoms. The Morgan fingerprint density at radius 3 is 2.45 bits per heavy atom. The maximum Gasteiger partial charge on any atom is 0.244 e. The highest BCUT2D eigenvalue weighted by atomic mass is 32.2. The summed E-state index contributed by atoms with van der Waals surface area (Å²) in [7, 11) is -3.66. The number of fused-ring (bicyclic) bond motifs is 1. The van der Waals surface area contributed by atoms with E-state index in [1.54, 1.807) is 19.1 Å². The minimum absolute atomic E-state index is 0.266. The van der Waals surface area contributed by atoms with Gasteiger partial charge in [0.05, 0.1) is 18.0 Å². The van der Waals surface area contributed by atoms with Crippen molar-refractivity contribution in [2.45, 2.75) is 65.1 Å². The van der Waals surface area contributed by atoms with E-state index in [0.717, 1.165) is 35.1 Å². The molecule has 1 amide bonds. The normalized spacial score (nSPS) is 18.5. The second kappa shape index (κ2) is 8.54. The van der Waals surface area contributed by atoms with E-state index in [1.165, 1.54) is 4.31 Å². The lowest BCUT2D eigenvalue weighted by Gasteiger charge is -2.39. The molecule has 0 spiro atoms. The Morgan fingerprint density at radius 2 is 1.87 bits per heavy atom. The fourth-order valence-electron chi connectivity index (χ4n) is 4.07. The summed E-state index contributed by atoms with van der Waals surface area (Å²) in [5.41, 5.74) is 3.11. The minimum atomic E-state index is -3.66. The Kier molecular flexibility index (Phi) is 6.37. The average Bonchev–Trinajstić information content (AvgIpc) is 2.66. The monoisotopic (exact) mass is 444 g/mol. The van der Waals surface area contributed by atoms with Crippen LogP contribution in [0.2, 0.25) is 0 Å². The molecule has 2 aromatic rings. The van der Waals surface area contributed by atoms with E-state index < -0.39 is 21.7 Å². The highest BCUT2D eigenvalue weighted by molar-refractivity contribution is 7.92. The zero-order valence-corrected chi connectivity index (χ0v) is 19.9. The third-order valence-electron chi connectivity index (χ3n) is 5.63. The van der Waals surface area contributed by atoms with Crippen LogP contribution in [0.5, 0.6) is 5.75 Å². The predicted octanol–water partition coefficient (Wildman–Crippen LogP) is 4.13. The van der Waals surface area contributed by atoms with Crippen molar-refractivity contribution in [1.29, 1.82) is 0 Å². The number of hydrogen-bond donors (Lipinski definition) is 1. The molecule has 31 heavy (non-hydrogen) atoms. The van der Waals surface area contributed by atoms with Crippen molar-refractivity contribution < 1.29 is 17.9 Å². The van der Waals surface area contributed by atoms with Gasteiger partial charge in [0.2, 0.25) is 15.9 Å². The zero-order chi connectivity index (χ0) is 23.0. The van der Waals surface area contributed by atoms with Gasteiger partial charge < -0.3 is 10.1 Å². The lowest BCUT2D eigenvalue weighted by atomic mass is 9.89. The third-order valence-corrected chi connectivity index (χ3v) is 6.87. The van der Waals surface area contributed by atoms with Gasteiger partial charge in [0.25, 0.3) is 0 Å². The van der Waals surface area contributed by atoms with Gasteiger partial charge in [0.1, 0.15) is 17.4 Å². The van der Waals surface area contributed by atoms with Crippen molar-refractivity contribution >= 4 is 21.6 Å². The van der Waals surface area contributed by atoms with E-state index in [-0.39, 0.29) is 11.9 Å². The summed E-state index contributed by atoms with van der Waals surface area (Å²) in [6.45, 7) is 9.62. The molecule has 1 N–H and O–H groups in total. The molecule has 168 valence electrons. The first-order chi connectivity index (χ1) is 14.4. The summed E-state index contributed by atoms with van der Waals surface area (Å²) in [4.78, 5) is 13.2. The van der Waals surface area contributed by atoms with Crippen LogP contribution >= 0.6 is 0 Å². The first kappa shape index (κ1) is 23.1. The number of nitrogens with one attached hydrogen (secondary N) is 1. The van der Waals surface area contributed by atoms with Gasteiger partial charge in [-0.05, 0) is 63.4 Å².